The van der Waals surface area contributed by atoms with Gasteiger partial charge in [0.05, 0.1) is 0 Å². The van der Waals surface area contributed by atoms with E-state index in [0.29, 0.717) is 6.42 Å². The minimum atomic E-state index is -0.0667. The Morgan fingerprint density at radius 1 is 1.42 bits per heavy atom. The molecular formula is C8H13ClN2O. The molecule has 0 aliphatic heterocycles. The molecule has 0 aliphatic rings. The summed E-state index contributed by atoms with van der Waals surface area (Å²) >= 11 is 0. The summed E-state index contributed by atoms with van der Waals surface area (Å²) in [5.41, 5.74) is 6.74. The van der Waals surface area contributed by atoms with Crippen LogP contribution < -0.4 is 5.73 Å². The second-order valence-electron chi connectivity index (χ2n) is 2.40. The molecule has 3 nitrogen and oxygen atoms in total. The molecule has 1 rings (SSSR count). The number of nitrogens with two attached hydrogens (primary N) is 1. The van der Waals surface area contributed by atoms with Crippen LogP contribution in [0.25, 0.3) is 0 Å². The normalized spacial score (nSPS) is 11.8. The highest BCUT2D eigenvalue weighted by Gasteiger charge is 2.02. The first-order chi connectivity index (χ1) is 5.34. The molecule has 0 bridgehead atoms. The molecule has 68 valence electrons. The van der Waals surface area contributed by atoms with Gasteiger partial charge in [-0.15, -0.1) is 12.4 Å². The maximum Gasteiger partial charge on any atom is 0.0449 e. The Balaban J connectivity index is 0.00000121. The Morgan fingerprint density at radius 2 is 2.00 bits per heavy atom. The lowest BCUT2D eigenvalue weighted by atomic mass is 10.1. The lowest BCUT2D eigenvalue weighted by molar-refractivity contribution is 0.276. The Morgan fingerprint density at radius 3 is 2.50 bits per heavy atom. The standard InChI is InChI=1S/C8H12N2O.ClH/c9-8(3-6-11)7-1-4-10-5-2-7;/h1-2,4-5,8,11H,3,6,9H2;1H/t8-;/m1./s1. The van der Waals surface area contributed by atoms with Crippen LogP contribution in [-0.4, -0.2) is 16.7 Å². The quantitative estimate of drug-likeness (QED) is 0.741. The molecule has 1 aromatic heterocycles. The smallest absolute Gasteiger partial charge is 0.0449 e. The van der Waals surface area contributed by atoms with Gasteiger partial charge in [0.15, 0.2) is 0 Å². The Labute approximate surface area is 78.0 Å². The number of hydrogen-bond acceptors (Lipinski definition) is 3. The molecule has 1 aromatic rings. The highest BCUT2D eigenvalue weighted by Crippen LogP contribution is 2.10. The molecule has 0 spiro atoms. The Bertz CT molecular complexity index is 205. The zero-order chi connectivity index (χ0) is 8.10. The fraction of sp³-hybridized carbons (Fsp3) is 0.375. The third kappa shape index (κ3) is 3.17. The van der Waals surface area contributed by atoms with E-state index >= 15 is 0 Å². The zero-order valence-electron chi connectivity index (χ0n) is 6.68. The summed E-state index contributed by atoms with van der Waals surface area (Å²) in [4.78, 5) is 3.87. The highest BCUT2D eigenvalue weighted by atomic mass is 35.5. The molecule has 1 heterocycles. The molecule has 1 atom stereocenters. The van der Waals surface area contributed by atoms with Crippen molar-refractivity contribution < 1.29 is 5.11 Å². The minimum absolute atomic E-state index is 0. The number of aliphatic hydroxyl groups is 1. The lowest BCUT2D eigenvalue weighted by Crippen LogP contribution is -2.11. The molecule has 0 radical (unpaired) electrons. The Hall–Kier alpha value is -0.640. The van der Waals surface area contributed by atoms with Crippen molar-refractivity contribution in [2.75, 3.05) is 6.61 Å². The van der Waals surface area contributed by atoms with Crippen molar-refractivity contribution >= 4 is 12.4 Å². The van der Waals surface area contributed by atoms with Crippen LogP contribution >= 0.6 is 12.4 Å². The second-order valence-corrected chi connectivity index (χ2v) is 2.40. The summed E-state index contributed by atoms with van der Waals surface area (Å²) in [6.45, 7) is 0.128. The third-order valence-electron chi connectivity index (χ3n) is 1.57. The molecule has 0 saturated heterocycles. The van der Waals surface area contributed by atoms with Crippen LogP contribution in [0, 0.1) is 0 Å². The van der Waals surface area contributed by atoms with Gasteiger partial charge < -0.3 is 10.8 Å². The van der Waals surface area contributed by atoms with Gasteiger partial charge in [0, 0.05) is 25.0 Å². The topological polar surface area (TPSA) is 59.1 Å². The number of nitrogens with zero attached hydrogens (tertiary/aromatic N) is 1. The largest absolute Gasteiger partial charge is 0.396 e. The number of aromatic nitrogens is 1. The predicted octanol–water partition coefficient (Wildman–Crippen LogP) is 0.886. The van der Waals surface area contributed by atoms with Crippen LogP contribution in [0.3, 0.4) is 0 Å². The second kappa shape index (κ2) is 5.94. The van der Waals surface area contributed by atoms with Gasteiger partial charge in [0.25, 0.3) is 0 Å². The van der Waals surface area contributed by atoms with Crippen molar-refractivity contribution in [1.82, 2.24) is 4.98 Å². The van der Waals surface area contributed by atoms with Crippen LogP contribution in [0.5, 0.6) is 0 Å². The van der Waals surface area contributed by atoms with E-state index in [9.17, 15) is 0 Å². The molecule has 12 heavy (non-hydrogen) atoms. The average Bonchev–Trinajstić information content (AvgIpc) is 2.07. The van der Waals surface area contributed by atoms with Crippen molar-refractivity contribution in [3.8, 4) is 0 Å². The van der Waals surface area contributed by atoms with E-state index in [1.165, 1.54) is 0 Å². The molecule has 4 heteroatoms. The fourth-order valence-corrected chi connectivity index (χ4v) is 0.916. The summed E-state index contributed by atoms with van der Waals surface area (Å²) in [6, 6.07) is 3.66. The third-order valence-corrected chi connectivity index (χ3v) is 1.57. The van der Waals surface area contributed by atoms with Gasteiger partial charge in [0.2, 0.25) is 0 Å². The maximum atomic E-state index is 8.60. The van der Waals surface area contributed by atoms with E-state index in [1.807, 2.05) is 12.1 Å². The first kappa shape index (κ1) is 11.4. The zero-order valence-corrected chi connectivity index (χ0v) is 7.50. The van der Waals surface area contributed by atoms with Crippen molar-refractivity contribution in [2.24, 2.45) is 5.73 Å². The molecule has 0 saturated carbocycles. The summed E-state index contributed by atoms with van der Waals surface area (Å²) in [5, 5.41) is 8.60. The van der Waals surface area contributed by atoms with Crippen molar-refractivity contribution in [1.29, 1.82) is 0 Å². The number of pyridine rings is 1. The van der Waals surface area contributed by atoms with Crippen molar-refractivity contribution in [3.63, 3.8) is 0 Å². The Kier molecular flexibility index (Phi) is 5.62. The monoisotopic (exact) mass is 188 g/mol. The van der Waals surface area contributed by atoms with Gasteiger partial charge in [-0.3, -0.25) is 4.98 Å². The summed E-state index contributed by atoms with van der Waals surface area (Å²) in [5.74, 6) is 0. The number of rotatable bonds is 3. The van der Waals surface area contributed by atoms with Gasteiger partial charge in [-0.1, -0.05) is 0 Å². The van der Waals surface area contributed by atoms with Crippen LogP contribution in [0.1, 0.15) is 18.0 Å². The molecule has 0 unspecified atom stereocenters. The number of halogens is 1. The van der Waals surface area contributed by atoms with E-state index in [-0.39, 0.29) is 25.1 Å². The summed E-state index contributed by atoms with van der Waals surface area (Å²) in [6.07, 6.45) is 4.00. The molecule has 0 aliphatic carbocycles. The van der Waals surface area contributed by atoms with E-state index < -0.39 is 0 Å². The van der Waals surface area contributed by atoms with E-state index in [4.69, 9.17) is 10.8 Å². The van der Waals surface area contributed by atoms with Crippen molar-refractivity contribution in [3.05, 3.63) is 30.1 Å². The van der Waals surface area contributed by atoms with Gasteiger partial charge in [-0.25, -0.2) is 0 Å². The van der Waals surface area contributed by atoms with E-state index in [1.54, 1.807) is 12.4 Å². The van der Waals surface area contributed by atoms with Crippen LogP contribution in [0.15, 0.2) is 24.5 Å². The average molecular weight is 189 g/mol. The fourth-order valence-electron chi connectivity index (χ4n) is 0.916. The van der Waals surface area contributed by atoms with Gasteiger partial charge in [-0.05, 0) is 24.1 Å². The van der Waals surface area contributed by atoms with Crippen LogP contribution in [-0.2, 0) is 0 Å². The van der Waals surface area contributed by atoms with E-state index in [0.717, 1.165) is 5.56 Å². The molecular weight excluding hydrogens is 176 g/mol. The summed E-state index contributed by atoms with van der Waals surface area (Å²) < 4.78 is 0. The van der Waals surface area contributed by atoms with Crippen LogP contribution in [0.4, 0.5) is 0 Å². The van der Waals surface area contributed by atoms with Gasteiger partial charge in [-0.2, -0.15) is 0 Å². The van der Waals surface area contributed by atoms with Gasteiger partial charge in [0.1, 0.15) is 0 Å². The van der Waals surface area contributed by atoms with Crippen molar-refractivity contribution in [2.45, 2.75) is 12.5 Å². The van der Waals surface area contributed by atoms with E-state index in [2.05, 4.69) is 4.98 Å². The maximum absolute atomic E-state index is 8.60. The molecule has 0 fully saturated rings. The molecule has 0 amide bonds. The first-order valence-electron chi connectivity index (χ1n) is 3.61. The molecule has 0 aromatic carbocycles. The minimum Gasteiger partial charge on any atom is -0.396 e. The molecule has 3 N–H and O–H groups in total. The SMILES string of the molecule is Cl.N[C@H](CCO)c1ccncc1. The van der Waals surface area contributed by atoms with Crippen LogP contribution in [0.2, 0.25) is 0 Å². The number of aliphatic hydroxyl groups excluding tert-OH is 1. The summed E-state index contributed by atoms with van der Waals surface area (Å²) in [7, 11) is 0. The first-order valence-corrected chi connectivity index (χ1v) is 3.61. The highest BCUT2D eigenvalue weighted by molar-refractivity contribution is 5.85. The van der Waals surface area contributed by atoms with Gasteiger partial charge >= 0.3 is 0 Å². The number of hydrogen-bond donors (Lipinski definition) is 2. The predicted molar refractivity (Wildman–Crippen MR) is 50.1 cm³/mol. The lowest BCUT2D eigenvalue weighted by Gasteiger charge is -2.08.